The molecule has 2 saturated heterocycles. The minimum atomic E-state index is -0.610. The highest BCUT2D eigenvalue weighted by molar-refractivity contribution is 5.45. The van der Waals surface area contributed by atoms with Gasteiger partial charge in [0, 0.05) is 30.6 Å². The van der Waals surface area contributed by atoms with Crippen molar-refractivity contribution in [1.29, 1.82) is 0 Å². The summed E-state index contributed by atoms with van der Waals surface area (Å²) in [5.41, 5.74) is 2.25. The van der Waals surface area contributed by atoms with Crippen LogP contribution in [0.15, 0.2) is 18.2 Å². The number of nitrogens with zero attached hydrogens (tertiary/aromatic N) is 3. The molecule has 1 unspecified atom stereocenters. The van der Waals surface area contributed by atoms with E-state index < -0.39 is 5.60 Å². The van der Waals surface area contributed by atoms with Gasteiger partial charge in [0.25, 0.3) is 0 Å². The van der Waals surface area contributed by atoms with Gasteiger partial charge in [0.2, 0.25) is 0 Å². The topological polar surface area (TPSA) is 50.2 Å². The summed E-state index contributed by atoms with van der Waals surface area (Å²) >= 11 is 0. The molecule has 5 heteroatoms. The smallest absolute Gasteiger partial charge is 0.115 e. The van der Waals surface area contributed by atoms with Gasteiger partial charge >= 0.3 is 0 Å². The number of likely N-dealkylation sites (N-methyl/N-ethyl adjacent to an activating group) is 2. The normalized spacial score (nSPS) is 31.2. The van der Waals surface area contributed by atoms with E-state index in [9.17, 15) is 10.2 Å². The van der Waals surface area contributed by atoms with Crippen LogP contribution in [0.5, 0.6) is 5.75 Å². The zero-order valence-corrected chi connectivity index (χ0v) is 19.6. The van der Waals surface area contributed by atoms with Crippen LogP contribution in [0, 0.1) is 5.92 Å². The third kappa shape index (κ3) is 4.27. The van der Waals surface area contributed by atoms with Crippen LogP contribution in [-0.2, 0) is 11.8 Å². The first-order valence-electron chi connectivity index (χ1n) is 11.7. The highest BCUT2D eigenvalue weighted by Gasteiger charge is 2.51. The van der Waals surface area contributed by atoms with Crippen LogP contribution >= 0.6 is 0 Å². The molecule has 0 radical (unpaired) electrons. The second kappa shape index (κ2) is 8.09. The monoisotopic (exact) mass is 415 g/mol. The Hall–Kier alpha value is -1.14. The van der Waals surface area contributed by atoms with Gasteiger partial charge < -0.3 is 24.9 Å². The molecular formula is C25H41N3O2. The number of fused-ring (bicyclic) bond motifs is 4. The van der Waals surface area contributed by atoms with Crippen LogP contribution in [0.25, 0.3) is 0 Å². The van der Waals surface area contributed by atoms with E-state index in [0.717, 1.165) is 45.6 Å². The number of rotatable bonds is 5. The number of benzene rings is 1. The van der Waals surface area contributed by atoms with Crippen molar-refractivity contribution >= 4 is 0 Å². The maximum atomic E-state index is 10.2. The van der Waals surface area contributed by atoms with Crippen molar-refractivity contribution in [3.63, 3.8) is 0 Å². The van der Waals surface area contributed by atoms with Gasteiger partial charge in [0.15, 0.2) is 0 Å². The van der Waals surface area contributed by atoms with Crippen LogP contribution in [-0.4, -0.2) is 89.4 Å². The number of hydrogen-bond acceptors (Lipinski definition) is 5. The molecule has 1 aromatic rings. The molecule has 0 spiro atoms. The molecule has 1 aromatic carbocycles. The molecule has 3 aliphatic rings. The molecule has 0 amide bonds. The fourth-order valence-electron chi connectivity index (χ4n) is 6.62. The predicted molar refractivity (Wildman–Crippen MR) is 122 cm³/mol. The largest absolute Gasteiger partial charge is 0.508 e. The second-order valence-electron chi connectivity index (χ2n) is 11.2. The molecular weight excluding hydrogens is 374 g/mol. The fraction of sp³-hybridized carbons (Fsp3) is 0.760. The molecule has 2 heterocycles. The van der Waals surface area contributed by atoms with Crippen LogP contribution in [0.3, 0.4) is 0 Å². The zero-order valence-electron chi connectivity index (χ0n) is 19.6. The number of β-amino-alcohol motifs (C(OH)–C–C–N with tert-alkyl or cyclic N) is 1. The van der Waals surface area contributed by atoms with Gasteiger partial charge in [-0.25, -0.2) is 0 Å². The summed E-state index contributed by atoms with van der Waals surface area (Å²) in [6, 6.07) is 7.03. The molecule has 2 aliphatic heterocycles. The van der Waals surface area contributed by atoms with Crippen molar-refractivity contribution < 1.29 is 10.2 Å². The van der Waals surface area contributed by atoms with Crippen LogP contribution in [0.1, 0.15) is 51.2 Å². The predicted octanol–water partition coefficient (Wildman–Crippen LogP) is 2.69. The Morgan fingerprint density at radius 2 is 1.90 bits per heavy atom. The van der Waals surface area contributed by atoms with Gasteiger partial charge in [-0.1, -0.05) is 13.0 Å². The summed E-state index contributed by atoms with van der Waals surface area (Å²) in [7, 11) is 4.61. The van der Waals surface area contributed by atoms with E-state index in [-0.39, 0.29) is 5.41 Å². The Morgan fingerprint density at radius 3 is 2.57 bits per heavy atom. The maximum absolute atomic E-state index is 10.2. The van der Waals surface area contributed by atoms with Crippen molar-refractivity contribution in [3.05, 3.63) is 29.3 Å². The van der Waals surface area contributed by atoms with Crippen molar-refractivity contribution in [1.82, 2.24) is 14.7 Å². The summed E-state index contributed by atoms with van der Waals surface area (Å²) in [5.74, 6) is 1.11. The van der Waals surface area contributed by atoms with E-state index in [0.29, 0.717) is 23.8 Å². The van der Waals surface area contributed by atoms with Gasteiger partial charge in [0.05, 0.1) is 5.60 Å². The van der Waals surface area contributed by atoms with Crippen LogP contribution in [0.2, 0.25) is 0 Å². The SMILES string of the molecule is CN1CCC2(C)c3cc(O)ccc3C[C@@H]1[C@@H]2N(C)CC1CCN(CC(C)(C)O)CC1. The number of phenols is 1. The molecule has 0 saturated carbocycles. The van der Waals surface area contributed by atoms with Crippen LogP contribution in [0.4, 0.5) is 0 Å². The quantitative estimate of drug-likeness (QED) is 0.774. The third-order valence-electron chi connectivity index (χ3n) is 8.04. The number of aromatic hydroxyl groups is 1. The highest BCUT2D eigenvalue weighted by Crippen LogP contribution is 2.47. The van der Waals surface area contributed by atoms with Gasteiger partial charge in [-0.15, -0.1) is 0 Å². The molecule has 1 aliphatic carbocycles. The summed E-state index contributed by atoms with van der Waals surface area (Å²) in [6.07, 6.45) is 4.62. The summed E-state index contributed by atoms with van der Waals surface area (Å²) < 4.78 is 0. The Bertz CT molecular complexity index is 753. The van der Waals surface area contributed by atoms with E-state index in [1.807, 2.05) is 26.0 Å². The van der Waals surface area contributed by atoms with E-state index >= 15 is 0 Å². The lowest BCUT2D eigenvalue weighted by Gasteiger charge is -2.58. The van der Waals surface area contributed by atoms with E-state index in [4.69, 9.17) is 0 Å². The summed E-state index contributed by atoms with van der Waals surface area (Å²) in [5, 5.41) is 20.3. The lowest BCUT2D eigenvalue weighted by Crippen LogP contribution is -2.66. The summed E-state index contributed by atoms with van der Waals surface area (Å²) in [6.45, 7) is 11.4. The third-order valence-corrected chi connectivity index (χ3v) is 8.04. The number of hydrogen-bond donors (Lipinski definition) is 2. The molecule has 2 fully saturated rings. The molecule has 4 rings (SSSR count). The Kier molecular flexibility index (Phi) is 5.95. The molecule has 2 bridgehead atoms. The second-order valence-corrected chi connectivity index (χ2v) is 11.2. The van der Waals surface area contributed by atoms with E-state index in [1.54, 1.807) is 0 Å². The zero-order chi connectivity index (χ0) is 21.7. The van der Waals surface area contributed by atoms with Crippen molar-refractivity contribution in [2.24, 2.45) is 5.92 Å². The Labute approximate surface area is 182 Å². The highest BCUT2D eigenvalue weighted by atomic mass is 16.3. The Morgan fingerprint density at radius 1 is 1.20 bits per heavy atom. The van der Waals surface area contributed by atoms with E-state index in [2.05, 4.69) is 41.8 Å². The lowest BCUT2D eigenvalue weighted by atomic mass is 9.61. The van der Waals surface area contributed by atoms with Gasteiger partial charge in [-0.2, -0.15) is 0 Å². The Balaban J connectivity index is 1.48. The number of likely N-dealkylation sites (tertiary alicyclic amines) is 2. The average Bonchev–Trinajstić information content (AvgIpc) is 2.66. The standard InChI is InChI=1S/C25H41N3O2/c1-24(2,30)17-28-11-8-18(9-12-28)16-27(5)23-22-14-19-6-7-20(29)15-21(19)25(23,3)10-13-26(22)4/h6-7,15,18,22-23,29-30H,8-14,16-17H2,1-5H3/t22-,23+,25?/m1/s1. The molecule has 0 aromatic heterocycles. The molecule has 3 atom stereocenters. The number of piperidine rings is 2. The molecule has 30 heavy (non-hydrogen) atoms. The summed E-state index contributed by atoms with van der Waals surface area (Å²) in [4.78, 5) is 7.62. The minimum absolute atomic E-state index is 0.0832. The van der Waals surface area contributed by atoms with Crippen molar-refractivity contribution in [2.75, 3.05) is 46.8 Å². The van der Waals surface area contributed by atoms with Crippen molar-refractivity contribution in [3.8, 4) is 5.75 Å². The molecule has 2 N–H and O–H groups in total. The number of aliphatic hydroxyl groups is 1. The first-order chi connectivity index (χ1) is 14.1. The van der Waals surface area contributed by atoms with Crippen molar-refractivity contribution in [2.45, 2.75) is 69.6 Å². The van der Waals surface area contributed by atoms with E-state index in [1.165, 1.54) is 24.0 Å². The molecule has 168 valence electrons. The maximum Gasteiger partial charge on any atom is 0.115 e. The van der Waals surface area contributed by atoms with Gasteiger partial charge in [-0.3, -0.25) is 0 Å². The molecule has 5 nitrogen and oxygen atoms in total. The number of phenolic OH excluding ortho intramolecular Hbond substituents is 1. The lowest BCUT2D eigenvalue weighted by molar-refractivity contribution is -0.0122. The van der Waals surface area contributed by atoms with Crippen LogP contribution < -0.4 is 0 Å². The fourth-order valence-corrected chi connectivity index (χ4v) is 6.62. The minimum Gasteiger partial charge on any atom is -0.508 e. The average molecular weight is 416 g/mol. The first-order valence-corrected chi connectivity index (χ1v) is 11.7. The van der Waals surface area contributed by atoms with Gasteiger partial charge in [-0.05, 0) is 102 Å². The first kappa shape index (κ1) is 22.1. The van der Waals surface area contributed by atoms with Gasteiger partial charge in [0.1, 0.15) is 5.75 Å².